The highest BCUT2D eigenvalue weighted by atomic mass is 19.4. The quantitative estimate of drug-likeness (QED) is 0.705. The second-order valence-corrected chi connectivity index (χ2v) is 6.15. The Balaban J connectivity index is 1.94. The molecule has 1 aromatic heterocycles. The zero-order valence-electron chi connectivity index (χ0n) is 15.6. The lowest BCUT2D eigenvalue weighted by Gasteiger charge is -2.11. The average Bonchev–Trinajstić information content (AvgIpc) is 3.15. The lowest BCUT2D eigenvalue weighted by Crippen LogP contribution is -2.44. The van der Waals surface area contributed by atoms with Crippen LogP contribution in [-0.2, 0) is 15.7 Å². The van der Waals surface area contributed by atoms with Gasteiger partial charge in [-0.1, -0.05) is 19.1 Å². The van der Waals surface area contributed by atoms with Crippen molar-refractivity contribution >= 4 is 17.9 Å². The number of benzene rings is 1. The van der Waals surface area contributed by atoms with Crippen molar-refractivity contribution in [3.05, 3.63) is 47.7 Å². The van der Waals surface area contributed by atoms with Crippen molar-refractivity contribution in [3.8, 4) is 11.3 Å². The van der Waals surface area contributed by atoms with Gasteiger partial charge in [0.25, 0.3) is 5.91 Å². The molecule has 0 saturated carbocycles. The number of urea groups is 1. The third kappa shape index (κ3) is 6.37. The summed E-state index contributed by atoms with van der Waals surface area (Å²) in [4.78, 5) is 35.1. The molecule has 156 valence electrons. The molecular weight excluding hydrogens is 393 g/mol. The van der Waals surface area contributed by atoms with E-state index >= 15 is 0 Å². The van der Waals surface area contributed by atoms with Crippen LogP contribution in [0.15, 0.2) is 40.8 Å². The van der Waals surface area contributed by atoms with Crippen molar-refractivity contribution < 1.29 is 36.7 Å². The van der Waals surface area contributed by atoms with Gasteiger partial charge in [-0.15, -0.1) is 0 Å². The third-order valence-corrected chi connectivity index (χ3v) is 3.86. The SMILES string of the molecule is CC[C@@H](C)NC(=O)NC(=O)COC(=O)c1ccc(-c2cccc(C(F)(F)F)c2)o1. The van der Waals surface area contributed by atoms with E-state index in [1.807, 2.05) is 12.2 Å². The van der Waals surface area contributed by atoms with E-state index in [0.717, 1.165) is 12.1 Å². The van der Waals surface area contributed by atoms with Crippen LogP contribution in [0.25, 0.3) is 11.3 Å². The first-order chi connectivity index (χ1) is 13.6. The Labute approximate surface area is 164 Å². The molecule has 3 amide bonds. The zero-order valence-corrected chi connectivity index (χ0v) is 15.6. The van der Waals surface area contributed by atoms with Crippen molar-refractivity contribution in [3.63, 3.8) is 0 Å². The summed E-state index contributed by atoms with van der Waals surface area (Å²) in [6, 6.07) is 6.08. The monoisotopic (exact) mass is 412 g/mol. The van der Waals surface area contributed by atoms with Gasteiger partial charge in [0.15, 0.2) is 6.61 Å². The number of hydrogen-bond acceptors (Lipinski definition) is 5. The zero-order chi connectivity index (χ0) is 21.6. The van der Waals surface area contributed by atoms with E-state index < -0.39 is 36.3 Å². The van der Waals surface area contributed by atoms with Crippen LogP contribution >= 0.6 is 0 Å². The molecule has 0 spiro atoms. The standard InChI is InChI=1S/C19H19F3N2O5/c1-3-11(2)23-18(27)24-16(25)10-28-17(26)15-8-7-14(29-15)12-5-4-6-13(9-12)19(20,21)22/h4-9,11H,3,10H2,1-2H3,(H2,23,24,25,27)/t11-/m1/s1. The topological polar surface area (TPSA) is 97.6 Å². The van der Waals surface area contributed by atoms with Crippen molar-refractivity contribution in [2.45, 2.75) is 32.5 Å². The number of nitrogens with one attached hydrogen (secondary N) is 2. The van der Waals surface area contributed by atoms with E-state index in [9.17, 15) is 27.6 Å². The Hall–Kier alpha value is -3.30. The van der Waals surface area contributed by atoms with Gasteiger partial charge in [-0.25, -0.2) is 9.59 Å². The molecule has 1 heterocycles. The van der Waals surface area contributed by atoms with Gasteiger partial charge >= 0.3 is 18.2 Å². The number of alkyl halides is 3. The van der Waals surface area contributed by atoms with Crippen LogP contribution in [0.2, 0.25) is 0 Å². The number of carbonyl (C=O) groups excluding carboxylic acids is 3. The number of esters is 1. The molecule has 0 fully saturated rings. The first-order valence-electron chi connectivity index (χ1n) is 8.65. The Morgan fingerprint density at radius 1 is 1.17 bits per heavy atom. The van der Waals surface area contributed by atoms with Crippen molar-refractivity contribution in [1.82, 2.24) is 10.6 Å². The molecule has 0 aliphatic carbocycles. The maximum absolute atomic E-state index is 12.8. The molecule has 1 atom stereocenters. The Kier molecular flexibility index (Phi) is 7.03. The van der Waals surface area contributed by atoms with E-state index in [-0.39, 0.29) is 23.1 Å². The van der Waals surface area contributed by atoms with Gasteiger partial charge in [0.1, 0.15) is 5.76 Å². The fourth-order valence-electron chi connectivity index (χ4n) is 2.18. The lowest BCUT2D eigenvalue weighted by atomic mass is 10.1. The predicted octanol–water partition coefficient (Wildman–Crippen LogP) is 3.75. The summed E-state index contributed by atoms with van der Waals surface area (Å²) >= 11 is 0. The number of carbonyl (C=O) groups is 3. The Morgan fingerprint density at radius 3 is 2.55 bits per heavy atom. The van der Waals surface area contributed by atoms with Crippen molar-refractivity contribution in [1.29, 1.82) is 0 Å². The Bertz CT molecular complexity index is 892. The molecular formula is C19H19F3N2O5. The molecule has 0 radical (unpaired) electrons. The molecule has 10 heteroatoms. The highest BCUT2D eigenvalue weighted by Gasteiger charge is 2.30. The molecule has 0 aliphatic heterocycles. The van der Waals surface area contributed by atoms with Gasteiger partial charge in [0.05, 0.1) is 5.56 Å². The van der Waals surface area contributed by atoms with Crippen LogP contribution in [0.5, 0.6) is 0 Å². The highest BCUT2D eigenvalue weighted by molar-refractivity contribution is 5.96. The number of halogens is 3. The van der Waals surface area contributed by atoms with Crippen LogP contribution in [0, 0.1) is 0 Å². The molecule has 0 unspecified atom stereocenters. The summed E-state index contributed by atoms with van der Waals surface area (Å²) in [6.45, 7) is 2.88. The normalized spacial score (nSPS) is 12.2. The number of rotatable bonds is 6. The summed E-state index contributed by atoms with van der Waals surface area (Å²) < 4.78 is 48.4. The maximum atomic E-state index is 12.8. The first kappa shape index (κ1) is 22.0. The van der Waals surface area contributed by atoms with E-state index in [1.54, 1.807) is 6.92 Å². The number of hydrogen-bond donors (Lipinski definition) is 2. The molecule has 0 bridgehead atoms. The summed E-state index contributed by atoms with van der Waals surface area (Å²) in [5.74, 6) is -2.11. The fraction of sp³-hybridized carbons (Fsp3) is 0.316. The molecule has 2 rings (SSSR count). The molecule has 0 aliphatic rings. The molecule has 2 N–H and O–H groups in total. The summed E-state index contributed by atoms with van der Waals surface area (Å²) in [7, 11) is 0. The maximum Gasteiger partial charge on any atom is 0.416 e. The Morgan fingerprint density at radius 2 is 1.90 bits per heavy atom. The number of furan rings is 1. The number of amides is 3. The van der Waals surface area contributed by atoms with E-state index in [0.29, 0.717) is 6.42 Å². The fourth-order valence-corrected chi connectivity index (χ4v) is 2.18. The van der Waals surface area contributed by atoms with Crippen LogP contribution in [0.3, 0.4) is 0 Å². The molecule has 7 nitrogen and oxygen atoms in total. The second-order valence-electron chi connectivity index (χ2n) is 6.15. The summed E-state index contributed by atoms with van der Waals surface area (Å²) in [5.41, 5.74) is -0.735. The average molecular weight is 412 g/mol. The smallest absolute Gasteiger partial charge is 0.416 e. The summed E-state index contributed by atoms with van der Waals surface area (Å²) in [6.07, 6.45) is -3.84. The highest BCUT2D eigenvalue weighted by Crippen LogP contribution is 2.32. The van der Waals surface area contributed by atoms with Gasteiger partial charge in [0, 0.05) is 11.6 Å². The minimum atomic E-state index is -4.51. The first-order valence-corrected chi connectivity index (χ1v) is 8.65. The molecule has 0 saturated heterocycles. The van der Waals surface area contributed by atoms with E-state index in [2.05, 4.69) is 5.32 Å². The molecule has 1 aromatic carbocycles. The minimum absolute atomic E-state index is 0.0282. The van der Waals surface area contributed by atoms with Crippen LogP contribution in [0.1, 0.15) is 36.4 Å². The number of ether oxygens (including phenoxy) is 1. The van der Waals surface area contributed by atoms with Crippen LogP contribution in [-0.4, -0.2) is 30.6 Å². The van der Waals surface area contributed by atoms with Crippen LogP contribution < -0.4 is 10.6 Å². The van der Waals surface area contributed by atoms with Gasteiger partial charge < -0.3 is 14.5 Å². The minimum Gasteiger partial charge on any atom is -0.450 e. The van der Waals surface area contributed by atoms with E-state index in [1.165, 1.54) is 24.3 Å². The summed E-state index contributed by atoms with van der Waals surface area (Å²) in [5, 5.41) is 4.51. The van der Waals surface area contributed by atoms with Gasteiger partial charge in [-0.2, -0.15) is 13.2 Å². The van der Waals surface area contributed by atoms with E-state index in [4.69, 9.17) is 9.15 Å². The van der Waals surface area contributed by atoms with Gasteiger partial charge in [-0.05, 0) is 37.6 Å². The second kappa shape index (κ2) is 9.26. The number of imide groups is 1. The molecule has 2 aromatic rings. The van der Waals surface area contributed by atoms with Crippen molar-refractivity contribution in [2.75, 3.05) is 6.61 Å². The predicted molar refractivity (Wildman–Crippen MR) is 95.9 cm³/mol. The van der Waals surface area contributed by atoms with Crippen molar-refractivity contribution in [2.24, 2.45) is 0 Å². The lowest BCUT2D eigenvalue weighted by molar-refractivity contribution is -0.137. The van der Waals surface area contributed by atoms with Gasteiger partial charge in [-0.3, -0.25) is 10.1 Å². The van der Waals surface area contributed by atoms with Gasteiger partial charge in [0.2, 0.25) is 5.76 Å². The third-order valence-electron chi connectivity index (χ3n) is 3.86. The largest absolute Gasteiger partial charge is 0.450 e. The van der Waals surface area contributed by atoms with Crippen LogP contribution in [0.4, 0.5) is 18.0 Å². The molecule has 29 heavy (non-hydrogen) atoms.